The first kappa shape index (κ1) is 14.3. The molecule has 1 aliphatic rings. The molecule has 0 bridgehead atoms. The van der Waals surface area contributed by atoms with Crippen LogP contribution in [0.15, 0.2) is 0 Å². The van der Waals surface area contributed by atoms with E-state index < -0.39 is 24.4 Å². The number of alkyl halides is 3. The van der Waals surface area contributed by atoms with Crippen molar-refractivity contribution in [3.8, 4) is 0 Å². The molecule has 0 heterocycles. The predicted octanol–water partition coefficient (Wildman–Crippen LogP) is 3.34. The summed E-state index contributed by atoms with van der Waals surface area (Å²) in [5.74, 6) is -0.995. The molecule has 1 aliphatic carbocycles. The van der Waals surface area contributed by atoms with Crippen molar-refractivity contribution in [2.24, 2.45) is 5.41 Å². The zero-order valence-corrected chi connectivity index (χ0v) is 9.55. The van der Waals surface area contributed by atoms with Gasteiger partial charge < -0.3 is 5.11 Å². The Balaban J connectivity index is 2.55. The monoisotopic (exact) mass is 254 g/mol. The number of hydrogen-bond acceptors (Lipinski definition) is 2. The fraction of sp³-hybridized carbons (Fsp3) is 0.909. The molecule has 0 saturated heterocycles. The van der Waals surface area contributed by atoms with Crippen LogP contribution in [0.4, 0.5) is 13.2 Å². The maximum atomic E-state index is 11.8. The molecule has 0 aromatic carbocycles. The second-order valence-corrected chi connectivity index (χ2v) is 4.54. The standard InChI is InChI=1S/C11H17F3O3/c12-11(13,14)17-8-7-10(9(15)16)5-3-1-2-4-6-10/h1-8H2,(H,15,16). The molecular weight excluding hydrogens is 237 g/mol. The van der Waals surface area contributed by atoms with Crippen LogP contribution >= 0.6 is 0 Å². The fourth-order valence-electron chi connectivity index (χ4n) is 2.34. The summed E-state index contributed by atoms with van der Waals surface area (Å²) in [5.41, 5.74) is -1.03. The highest BCUT2D eigenvalue weighted by atomic mass is 19.4. The van der Waals surface area contributed by atoms with Crippen molar-refractivity contribution in [3.05, 3.63) is 0 Å². The molecule has 1 saturated carbocycles. The second-order valence-electron chi connectivity index (χ2n) is 4.54. The number of ether oxygens (including phenoxy) is 1. The Kier molecular flexibility index (Phi) is 4.80. The number of carboxylic acids is 1. The molecule has 0 unspecified atom stereocenters. The Bertz CT molecular complexity index is 255. The number of hydrogen-bond donors (Lipinski definition) is 1. The molecule has 0 radical (unpaired) electrons. The maximum absolute atomic E-state index is 11.8. The van der Waals surface area contributed by atoms with Crippen LogP contribution in [0, 0.1) is 5.41 Å². The minimum Gasteiger partial charge on any atom is -0.481 e. The Morgan fingerprint density at radius 3 is 2.12 bits per heavy atom. The number of carboxylic acid groups (broad SMARTS) is 1. The molecule has 0 amide bonds. The molecule has 1 N–H and O–H groups in total. The minimum absolute atomic E-state index is 0.0676. The summed E-state index contributed by atoms with van der Waals surface area (Å²) in [4.78, 5) is 11.2. The Morgan fingerprint density at radius 1 is 1.18 bits per heavy atom. The molecule has 0 spiro atoms. The molecule has 1 rings (SSSR count). The van der Waals surface area contributed by atoms with Gasteiger partial charge in [-0.05, 0) is 19.3 Å². The van der Waals surface area contributed by atoms with Crippen molar-refractivity contribution >= 4 is 5.97 Å². The van der Waals surface area contributed by atoms with E-state index >= 15 is 0 Å². The lowest BCUT2D eigenvalue weighted by molar-refractivity contribution is -0.326. The van der Waals surface area contributed by atoms with Crippen LogP contribution in [0.1, 0.15) is 44.9 Å². The zero-order valence-electron chi connectivity index (χ0n) is 9.55. The third-order valence-corrected chi connectivity index (χ3v) is 3.36. The number of carbonyl (C=O) groups is 1. The van der Waals surface area contributed by atoms with Gasteiger partial charge in [0.05, 0.1) is 12.0 Å². The van der Waals surface area contributed by atoms with E-state index in [0.29, 0.717) is 12.8 Å². The average molecular weight is 254 g/mol. The number of aliphatic carboxylic acids is 1. The van der Waals surface area contributed by atoms with Gasteiger partial charge in [-0.15, -0.1) is 13.2 Å². The van der Waals surface area contributed by atoms with Crippen LogP contribution in [-0.4, -0.2) is 24.0 Å². The van der Waals surface area contributed by atoms with Gasteiger partial charge >= 0.3 is 12.3 Å². The quantitative estimate of drug-likeness (QED) is 0.783. The van der Waals surface area contributed by atoms with Gasteiger partial charge in [-0.25, -0.2) is 0 Å². The van der Waals surface area contributed by atoms with Crippen LogP contribution in [-0.2, 0) is 9.53 Å². The highest BCUT2D eigenvalue weighted by molar-refractivity contribution is 5.74. The molecule has 1 fully saturated rings. The highest BCUT2D eigenvalue weighted by Gasteiger charge is 2.39. The van der Waals surface area contributed by atoms with E-state index in [1.54, 1.807) is 0 Å². The highest BCUT2D eigenvalue weighted by Crippen LogP contribution is 2.38. The molecule has 3 nitrogen and oxygen atoms in total. The fourth-order valence-corrected chi connectivity index (χ4v) is 2.34. The van der Waals surface area contributed by atoms with Crippen LogP contribution in [0.2, 0.25) is 0 Å². The first-order chi connectivity index (χ1) is 7.86. The Morgan fingerprint density at radius 2 is 1.71 bits per heavy atom. The lowest BCUT2D eigenvalue weighted by Gasteiger charge is -2.27. The third-order valence-electron chi connectivity index (χ3n) is 3.36. The first-order valence-corrected chi connectivity index (χ1v) is 5.80. The van der Waals surface area contributed by atoms with E-state index in [0.717, 1.165) is 25.7 Å². The normalized spacial score (nSPS) is 20.9. The van der Waals surface area contributed by atoms with Gasteiger partial charge in [0, 0.05) is 0 Å². The van der Waals surface area contributed by atoms with Gasteiger partial charge in [-0.2, -0.15) is 0 Å². The number of halogens is 3. The van der Waals surface area contributed by atoms with Crippen LogP contribution in [0.5, 0.6) is 0 Å². The summed E-state index contributed by atoms with van der Waals surface area (Å²) in [7, 11) is 0. The van der Waals surface area contributed by atoms with Crippen LogP contribution < -0.4 is 0 Å². The summed E-state index contributed by atoms with van der Waals surface area (Å²) in [5, 5.41) is 9.21. The summed E-state index contributed by atoms with van der Waals surface area (Å²) in [6.45, 7) is -0.574. The molecule has 0 aliphatic heterocycles. The van der Waals surface area contributed by atoms with Crippen LogP contribution in [0.25, 0.3) is 0 Å². The van der Waals surface area contributed by atoms with E-state index in [2.05, 4.69) is 4.74 Å². The van der Waals surface area contributed by atoms with E-state index in [-0.39, 0.29) is 6.42 Å². The van der Waals surface area contributed by atoms with Crippen molar-refractivity contribution in [1.29, 1.82) is 0 Å². The zero-order chi connectivity index (χ0) is 12.9. The third kappa shape index (κ3) is 4.53. The van der Waals surface area contributed by atoms with Gasteiger partial charge in [0.2, 0.25) is 0 Å². The van der Waals surface area contributed by atoms with Crippen molar-refractivity contribution < 1.29 is 27.8 Å². The van der Waals surface area contributed by atoms with Gasteiger partial charge in [-0.3, -0.25) is 9.53 Å². The molecule has 0 aromatic rings. The van der Waals surface area contributed by atoms with E-state index in [1.165, 1.54) is 0 Å². The molecule has 17 heavy (non-hydrogen) atoms. The smallest absolute Gasteiger partial charge is 0.481 e. The average Bonchev–Trinajstić information content (AvgIpc) is 2.42. The van der Waals surface area contributed by atoms with Gasteiger partial charge in [0.15, 0.2) is 0 Å². The number of rotatable bonds is 4. The lowest BCUT2D eigenvalue weighted by Crippen LogP contribution is -2.33. The minimum atomic E-state index is -4.68. The SMILES string of the molecule is O=C(O)C1(CCOC(F)(F)F)CCCCCC1. The molecule has 6 heteroatoms. The van der Waals surface area contributed by atoms with E-state index in [1.807, 2.05) is 0 Å². The molecular formula is C11H17F3O3. The summed E-state index contributed by atoms with van der Waals surface area (Å²) >= 11 is 0. The van der Waals surface area contributed by atoms with Crippen molar-refractivity contribution in [2.75, 3.05) is 6.61 Å². The van der Waals surface area contributed by atoms with Crippen LogP contribution in [0.3, 0.4) is 0 Å². The Hall–Kier alpha value is -0.780. The van der Waals surface area contributed by atoms with E-state index in [9.17, 15) is 23.1 Å². The van der Waals surface area contributed by atoms with Crippen molar-refractivity contribution in [1.82, 2.24) is 0 Å². The van der Waals surface area contributed by atoms with Crippen molar-refractivity contribution in [3.63, 3.8) is 0 Å². The van der Waals surface area contributed by atoms with Gasteiger partial charge in [-0.1, -0.05) is 25.7 Å². The Labute approximate surface area is 97.9 Å². The van der Waals surface area contributed by atoms with Crippen molar-refractivity contribution in [2.45, 2.75) is 51.3 Å². The summed E-state index contributed by atoms with van der Waals surface area (Å²) in [6.07, 6.45) is -0.416. The van der Waals surface area contributed by atoms with E-state index in [4.69, 9.17) is 0 Å². The second kappa shape index (κ2) is 5.71. The predicted molar refractivity (Wildman–Crippen MR) is 54.4 cm³/mol. The maximum Gasteiger partial charge on any atom is 0.522 e. The topological polar surface area (TPSA) is 46.5 Å². The molecule has 100 valence electrons. The molecule has 0 atom stereocenters. The summed E-state index contributed by atoms with van der Waals surface area (Å²) in [6, 6.07) is 0. The molecule has 0 aromatic heterocycles. The summed E-state index contributed by atoms with van der Waals surface area (Å²) < 4.78 is 39.2. The lowest BCUT2D eigenvalue weighted by atomic mass is 9.78. The largest absolute Gasteiger partial charge is 0.522 e. The van der Waals surface area contributed by atoms with Gasteiger partial charge in [0.25, 0.3) is 0 Å². The first-order valence-electron chi connectivity index (χ1n) is 5.80. The van der Waals surface area contributed by atoms with Gasteiger partial charge in [0.1, 0.15) is 0 Å².